The van der Waals surface area contributed by atoms with E-state index in [1.165, 1.54) is 11.1 Å². The Kier molecular flexibility index (Phi) is 6.24. The van der Waals surface area contributed by atoms with Gasteiger partial charge in [0.2, 0.25) is 5.91 Å². The highest BCUT2D eigenvalue weighted by atomic mass is 16.5. The maximum atomic E-state index is 12.6. The lowest BCUT2D eigenvalue weighted by atomic mass is 9.95. The molecule has 0 bridgehead atoms. The van der Waals surface area contributed by atoms with Crippen LogP contribution in [0.4, 0.5) is 0 Å². The normalized spacial score (nSPS) is 21.5. The van der Waals surface area contributed by atoms with Crippen LogP contribution < -0.4 is 5.73 Å². The quantitative estimate of drug-likeness (QED) is 0.810. The number of carbonyl (C=O) groups excluding carboxylic acids is 1. The first-order valence-corrected chi connectivity index (χ1v) is 9.07. The topological polar surface area (TPSA) is 64.8 Å². The number of amides is 1. The zero-order chi connectivity index (χ0) is 16.8. The van der Waals surface area contributed by atoms with E-state index in [1.807, 2.05) is 11.0 Å². The first-order valence-electron chi connectivity index (χ1n) is 9.07. The molecule has 2 heterocycles. The van der Waals surface area contributed by atoms with Gasteiger partial charge in [-0.25, -0.2) is 0 Å². The van der Waals surface area contributed by atoms with Crippen molar-refractivity contribution in [3.8, 4) is 0 Å². The van der Waals surface area contributed by atoms with E-state index in [0.717, 1.165) is 45.4 Å². The van der Waals surface area contributed by atoms with Gasteiger partial charge in [0.05, 0.1) is 25.2 Å². The Bertz CT molecular complexity index is 541. The highest BCUT2D eigenvalue weighted by Crippen LogP contribution is 2.30. The van der Waals surface area contributed by atoms with Gasteiger partial charge in [-0.2, -0.15) is 0 Å². The summed E-state index contributed by atoms with van der Waals surface area (Å²) in [6, 6.07) is 8.30. The highest BCUT2D eigenvalue weighted by Gasteiger charge is 2.28. The second-order valence-electron chi connectivity index (χ2n) is 6.61. The third kappa shape index (κ3) is 4.35. The molecule has 0 radical (unpaired) electrons. The number of nitrogens with zero attached hydrogens (tertiary/aromatic N) is 1. The Morgan fingerprint density at radius 2 is 2.08 bits per heavy atom. The van der Waals surface area contributed by atoms with Crippen LogP contribution in [0.25, 0.3) is 0 Å². The number of benzene rings is 1. The molecule has 0 aliphatic carbocycles. The van der Waals surface area contributed by atoms with Crippen LogP contribution in [0.15, 0.2) is 24.3 Å². The molecule has 1 aromatic carbocycles. The van der Waals surface area contributed by atoms with Crippen molar-refractivity contribution < 1.29 is 14.3 Å². The van der Waals surface area contributed by atoms with Crippen molar-refractivity contribution in [3.63, 3.8) is 0 Å². The molecule has 1 unspecified atom stereocenters. The number of nitrogens with two attached hydrogens (primary N) is 1. The van der Waals surface area contributed by atoms with E-state index in [1.54, 1.807) is 0 Å². The van der Waals surface area contributed by atoms with Crippen LogP contribution in [0.3, 0.4) is 0 Å². The fourth-order valence-electron chi connectivity index (χ4n) is 3.54. The lowest BCUT2D eigenvalue weighted by Gasteiger charge is -2.33. The standard InChI is InChI=1S/C19H28N2O3/c20-9-3-12-23-16-6-10-21(11-7-16)19(22)14-18-17-5-2-1-4-15(17)8-13-24-18/h1-2,4-5,16,18H,3,6-14,20H2. The van der Waals surface area contributed by atoms with Crippen molar-refractivity contribution in [2.45, 2.75) is 44.3 Å². The van der Waals surface area contributed by atoms with Gasteiger partial charge < -0.3 is 20.1 Å². The van der Waals surface area contributed by atoms with Crippen LogP contribution in [-0.4, -0.2) is 49.8 Å². The summed E-state index contributed by atoms with van der Waals surface area (Å²) in [5.41, 5.74) is 7.98. The molecule has 1 atom stereocenters. The highest BCUT2D eigenvalue weighted by molar-refractivity contribution is 5.77. The SMILES string of the molecule is NCCCOC1CCN(C(=O)CC2OCCc3ccccc32)CC1. The van der Waals surface area contributed by atoms with Crippen molar-refractivity contribution in [1.82, 2.24) is 4.90 Å². The van der Waals surface area contributed by atoms with Gasteiger partial charge in [0.1, 0.15) is 0 Å². The fraction of sp³-hybridized carbons (Fsp3) is 0.632. The predicted molar refractivity (Wildman–Crippen MR) is 92.7 cm³/mol. The van der Waals surface area contributed by atoms with Crippen LogP contribution in [-0.2, 0) is 20.7 Å². The van der Waals surface area contributed by atoms with Gasteiger partial charge in [0.25, 0.3) is 0 Å². The largest absolute Gasteiger partial charge is 0.378 e. The summed E-state index contributed by atoms with van der Waals surface area (Å²) in [4.78, 5) is 14.6. The summed E-state index contributed by atoms with van der Waals surface area (Å²) in [6.45, 7) is 3.65. The molecular weight excluding hydrogens is 304 g/mol. The Morgan fingerprint density at radius 3 is 2.88 bits per heavy atom. The number of hydrogen-bond donors (Lipinski definition) is 1. The van der Waals surface area contributed by atoms with Gasteiger partial charge >= 0.3 is 0 Å². The molecule has 3 rings (SSSR count). The molecule has 132 valence electrons. The number of rotatable bonds is 6. The van der Waals surface area contributed by atoms with E-state index in [9.17, 15) is 4.79 Å². The van der Waals surface area contributed by atoms with Crippen LogP contribution in [0.5, 0.6) is 0 Å². The first-order chi connectivity index (χ1) is 11.8. The predicted octanol–water partition coefficient (Wildman–Crippen LogP) is 2.05. The molecule has 1 fully saturated rings. The number of piperidine rings is 1. The third-order valence-corrected chi connectivity index (χ3v) is 4.95. The Hall–Kier alpha value is -1.43. The van der Waals surface area contributed by atoms with E-state index >= 15 is 0 Å². The average molecular weight is 332 g/mol. The molecule has 2 aliphatic heterocycles. The smallest absolute Gasteiger partial charge is 0.225 e. The van der Waals surface area contributed by atoms with Gasteiger partial charge in [0, 0.05) is 19.7 Å². The summed E-state index contributed by atoms with van der Waals surface area (Å²) in [5, 5.41) is 0. The van der Waals surface area contributed by atoms with E-state index in [0.29, 0.717) is 19.6 Å². The number of ether oxygens (including phenoxy) is 2. The second kappa shape index (κ2) is 8.60. The first kappa shape index (κ1) is 17.4. The van der Waals surface area contributed by atoms with E-state index in [-0.39, 0.29) is 18.1 Å². The van der Waals surface area contributed by atoms with Crippen molar-refractivity contribution in [2.24, 2.45) is 5.73 Å². The lowest BCUT2D eigenvalue weighted by Crippen LogP contribution is -2.41. The van der Waals surface area contributed by atoms with Crippen LogP contribution in [0.2, 0.25) is 0 Å². The lowest BCUT2D eigenvalue weighted by molar-refractivity contribution is -0.137. The van der Waals surface area contributed by atoms with Crippen LogP contribution >= 0.6 is 0 Å². The van der Waals surface area contributed by atoms with Crippen LogP contribution in [0, 0.1) is 0 Å². The monoisotopic (exact) mass is 332 g/mol. The minimum absolute atomic E-state index is 0.0963. The molecule has 5 nitrogen and oxygen atoms in total. The zero-order valence-corrected chi connectivity index (χ0v) is 14.3. The molecule has 2 aliphatic rings. The van der Waals surface area contributed by atoms with Crippen molar-refractivity contribution in [2.75, 3.05) is 32.8 Å². The number of carbonyl (C=O) groups is 1. The van der Waals surface area contributed by atoms with E-state index in [2.05, 4.69) is 18.2 Å². The third-order valence-electron chi connectivity index (χ3n) is 4.95. The molecule has 0 saturated carbocycles. The average Bonchev–Trinajstić information content (AvgIpc) is 2.63. The summed E-state index contributed by atoms with van der Waals surface area (Å²) in [5.74, 6) is 0.192. The molecule has 5 heteroatoms. The molecule has 0 spiro atoms. The van der Waals surface area contributed by atoms with Crippen molar-refractivity contribution in [3.05, 3.63) is 35.4 Å². The molecule has 1 aromatic rings. The Morgan fingerprint density at radius 1 is 1.29 bits per heavy atom. The Labute approximate surface area is 144 Å². The number of hydrogen-bond acceptors (Lipinski definition) is 4. The minimum atomic E-state index is -0.0963. The molecule has 24 heavy (non-hydrogen) atoms. The summed E-state index contributed by atoms with van der Waals surface area (Å²) < 4.78 is 11.7. The van der Waals surface area contributed by atoms with Crippen LogP contribution in [0.1, 0.15) is 42.9 Å². The van der Waals surface area contributed by atoms with Gasteiger partial charge in [-0.1, -0.05) is 24.3 Å². The van der Waals surface area contributed by atoms with Gasteiger partial charge in [-0.05, 0) is 43.4 Å². The molecular formula is C19H28N2O3. The maximum absolute atomic E-state index is 12.6. The van der Waals surface area contributed by atoms with Crippen molar-refractivity contribution in [1.29, 1.82) is 0 Å². The zero-order valence-electron chi connectivity index (χ0n) is 14.3. The minimum Gasteiger partial charge on any atom is -0.378 e. The van der Waals surface area contributed by atoms with Gasteiger partial charge in [-0.3, -0.25) is 4.79 Å². The van der Waals surface area contributed by atoms with Crippen molar-refractivity contribution >= 4 is 5.91 Å². The number of fused-ring (bicyclic) bond motifs is 1. The molecule has 2 N–H and O–H groups in total. The molecule has 1 saturated heterocycles. The molecule has 1 amide bonds. The van der Waals surface area contributed by atoms with Gasteiger partial charge in [0.15, 0.2) is 0 Å². The summed E-state index contributed by atoms with van der Waals surface area (Å²) in [7, 11) is 0. The Balaban J connectivity index is 1.48. The number of likely N-dealkylation sites (tertiary alicyclic amines) is 1. The molecule has 0 aromatic heterocycles. The van der Waals surface area contributed by atoms with Gasteiger partial charge in [-0.15, -0.1) is 0 Å². The van der Waals surface area contributed by atoms with E-state index in [4.69, 9.17) is 15.2 Å². The van der Waals surface area contributed by atoms with E-state index < -0.39 is 0 Å². The maximum Gasteiger partial charge on any atom is 0.225 e. The summed E-state index contributed by atoms with van der Waals surface area (Å²) in [6.07, 6.45) is 4.28. The second-order valence-corrected chi connectivity index (χ2v) is 6.61. The summed E-state index contributed by atoms with van der Waals surface area (Å²) >= 11 is 0. The fourth-order valence-corrected chi connectivity index (χ4v) is 3.54.